The quantitative estimate of drug-likeness (QED) is 0.376. The predicted octanol–water partition coefficient (Wildman–Crippen LogP) is 4.16. The van der Waals surface area contributed by atoms with Crippen LogP contribution in [0.15, 0.2) is 61.3 Å². The number of para-hydroxylation sites is 1. The van der Waals surface area contributed by atoms with E-state index in [1.807, 2.05) is 24.4 Å². The van der Waals surface area contributed by atoms with E-state index < -0.39 is 0 Å². The lowest BCUT2D eigenvalue weighted by molar-refractivity contribution is -0.120. The maximum absolute atomic E-state index is 12.7. The van der Waals surface area contributed by atoms with Gasteiger partial charge in [0.05, 0.1) is 11.9 Å². The summed E-state index contributed by atoms with van der Waals surface area (Å²) in [4.78, 5) is 33.7. The molecule has 1 fully saturated rings. The number of amides is 1. The largest absolute Gasteiger partial charge is 0.382 e. The van der Waals surface area contributed by atoms with Gasteiger partial charge in [0.15, 0.2) is 5.82 Å². The first-order valence-electron chi connectivity index (χ1n) is 11.4. The molecule has 1 aliphatic carbocycles. The fraction of sp³-hybridized carbons (Fsp3) is 0.240. The van der Waals surface area contributed by atoms with Crippen molar-refractivity contribution in [3.05, 3.63) is 67.1 Å². The van der Waals surface area contributed by atoms with E-state index in [0.717, 1.165) is 59.3 Å². The number of H-pyrrole nitrogens is 1. The smallest absolute Gasteiger partial charge is 0.228 e. The molecular formula is C25H24N8O. The molecule has 34 heavy (non-hydrogen) atoms. The number of aromatic amines is 1. The number of benzene rings is 1. The van der Waals surface area contributed by atoms with Crippen LogP contribution in [0.1, 0.15) is 37.4 Å². The van der Waals surface area contributed by atoms with Crippen LogP contribution in [0, 0.1) is 5.92 Å². The summed E-state index contributed by atoms with van der Waals surface area (Å²) in [6.07, 6.45) is 11.7. The number of anilines is 2. The van der Waals surface area contributed by atoms with E-state index in [-0.39, 0.29) is 17.7 Å². The van der Waals surface area contributed by atoms with Gasteiger partial charge in [-0.25, -0.2) is 15.0 Å². The number of hydrogen-bond donors (Lipinski definition) is 3. The van der Waals surface area contributed by atoms with E-state index in [9.17, 15) is 4.79 Å². The number of fused-ring (bicyclic) bond motifs is 2. The molecule has 0 saturated heterocycles. The van der Waals surface area contributed by atoms with Crippen LogP contribution in [0.3, 0.4) is 0 Å². The zero-order valence-electron chi connectivity index (χ0n) is 18.5. The molecule has 6 rings (SSSR count). The molecule has 170 valence electrons. The highest BCUT2D eigenvalue weighted by atomic mass is 16.1. The maximum Gasteiger partial charge on any atom is 0.228 e. The Balaban J connectivity index is 1.28. The van der Waals surface area contributed by atoms with Gasteiger partial charge in [0.2, 0.25) is 5.91 Å². The third kappa shape index (κ3) is 3.55. The van der Waals surface area contributed by atoms with Gasteiger partial charge in [0.25, 0.3) is 0 Å². The molecule has 0 atom stereocenters. The van der Waals surface area contributed by atoms with Crippen LogP contribution in [0.25, 0.3) is 27.8 Å². The number of carbonyl (C=O) groups is 1. The van der Waals surface area contributed by atoms with E-state index in [0.29, 0.717) is 11.6 Å². The number of nitrogen functional groups attached to an aromatic ring is 1. The van der Waals surface area contributed by atoms with Crippen molar-refractivity contribution in [2.75, 3.05) is 11.1 Å². The number of nitrogens with two attached hydrogens (primary N) is 1. The van der Waals surface area contributed by atoms with Crippen molar-refractivity contribution in [2.45, 2.75) is 31.6 Å². The molecule has 1 aromatic carbocycles. The van der Waals surface area contributed by atoms with Gasteiger partial charge in [-0.3, -0.25) is 14.2 Å². The molecule has 0 bridgehead atoms. The summed E-state index contributed by atoms with van der Waals surface area (Å²) >= 11 is 0. The lowest BCUT2D eigenvalue weighted by Crippen LogP contribution is -2.27. The topological polar surface area (TPSA) is 127 Å². The van der Waals surface area contributed by atoms with E-state index >= 15 is 0 Å². The van der Waals surface area contributed by atoms with Crippen molar-refractivity contribution in [1.29, 1.82) is 0 Å². The molecule has 5 aromatic rings. The fourth-order valence-electron chi connectivity index (χ4n) is 4.97. The molecule has 4 aromatic heterocycles. The number of nitrogens with zero attached hydrogens (tertiary/aromatic N) is 5. The number of rotatable bonds is 4. The van der Waals surface area contributed by atoms with Crippen LogP contribution >= 0.6 is 0 Å². The standard InChI is InChI=1S/C25H24N8O/c26-23-22-21(19-13-17-3-1-2-4-18(17)30-19)32-24(33(22)12-11-29-23)15-5-7-16(8-6-15)25(34)31-20-14-27-9-10-28-20/h1-4,9-16,30H,5-8H2,(H2,26,29)(H,28,31,34)/t15-,16-. The van der Waals surface area contributed by atoms with E-state index in [2.05, 4.69) is 41.8 Å². The molecular weight excluding hydrogens is 428 g/mol. The Hall–Kier alpha value is -4.27. The van der Waals surface area contributed by atoms with Crippen molar-refractivity contribution in [3.8, 4) is 11.4 Å². The number of nitrogens with one attached hydrogen (secondary N) is 2. The Morgan fingerprint density at radius 1 is 1.09 bits per heavy atom. The molecule has 1 aliphatic rings. The molecule has 0 spiro atoms. The van der Waals surface area contributed by atoms with Gasteiger partial charge in [-0.15, -0.1) is 0 Å². The van der Waals surface area contributed by atoms with Gasteiger partial charge in [0.1, 0.15) is 22.9 Å². The second kappa shape index (κ2) is 8.26. The Labute approximate surface area is 195 Å². The first kappa shape index (κ1) is 20.3. The van der Waals surface area contributed by atoms with Gasteiger partial charge in [-0.2, -0.15) is 0 Å². The summed E-state index contributed by atoms with van der Waals surface area (Å²) in [7, 11) is 0. The van der Waals surface area contributed by atoms with Crippen molar-refractivity contribution in [1.82, 2.24) is 29.3 Å². The maximum atomic E-state index is 12.7. The highest BCUT2D eigenvalue weighted by Crippen LogP contribution is 2.39. The van der Waals surface area contributed by atoms with Gasteiger partial charge in [-0.1, -0.05) is 18.2 Å². The number of imidazole rings is 1. The first-order chi connectivity index (χ1) is 16.7. The van der Waals surface area contributed by atoms with Crippen LogP contribution < -0.4 is 11.1 Å². The zero-order valence-corrected chi connectivity index (χ0v) is 18.5. The molecule has 1 amide bonds. The summed E-state index contributed by atoms with van der Waals surface area (Å²) in [5.74, 6) is 2.08. The number of carbonyl (C=O) groups excluding carboxylic acids is 1. The number of hydrogen-bond acceptors (Lipinski definition) is 6. The van der Waals surface area contributed by atoms with Crippen LogP contribution in [-0.4, -0.2) is 35.2 Å². The Morgan fingerprint density at radius 2 is 1.94 bits per heavy atom. The summed E-state index contributed by atoms with van der Waals surface area (Å²) in [5, 5.41) is 4.00. The minimum atomic E-state index is -0.0515. The van der Waals surface area contributed by atoms with Crippen molar-refractivity contribution in [3.63, 3.8) is 0 Å². The zero-order chi connectivity index (χ0) is 23.1. The molecule has 0 unspecified atom stereocenters. The van der Waals surface area contributed by atoms with Crippen LogP contribution in [-0.2, 0) is 4.79 Å². The average Bonchev–Trinajstić information content (AvgIpc) is 3.47. The lowest BCUT2D eigenvalue weighted by atomic mass is 9.81. The summed E-state index contributed by atoms with van der Waals surface area (Å²) in [5.41, 5.74) is 9.90. The molecule has 9 nitrogen and oxygen atoms in total. The Kier molecular flexibility index (Phi) is 4.94. The van der Waals surface area contributed by atoms with E-state index in [1.165, 1.54) is 0 Å². The van der Waals surface area contributed by atoms with Gasteiger partial charge in [-0.05, 0) is 37.8 Å². The van der Waals surface area contributed by atoms with Gasteiger partial charge < -0.3 is 16.0 Å². The summed E-state index contributed by atoms with van der Waals surface area (Å²) in [6, 6.07) is 10.2. The van der Waals surface area contributed by atoms with Crippen LogP contribution in [0.4, 0.5) is 11.6 Å². The molecule has 0 radical (unpaired) electrons. The Morgan fingerprint density at radius 3 is 2.74 bits per heavy atom. The monoisotopic (exact) mass is 452 g/mol. The highest BCUT2D eigenvalue weighted by Gasteiger charge is 2.31. The van der Waals surface area contributed by atoms with Crippen LogP contribution in [0.5, 0.6) is 0 Å². The minimum Gasteiger partial charge on any atom is -0.382 e. The van der Waals surface area contributed by atoms with Crippen LogP contribution in [0.2, 0.25) is 0 Å². The fourth-order valence-corrected chi connectivity index (χ4v) is 4.97. The predicted molar refractivity (Wildman–Crippen MR) is 130 cm³/mol. The Bertz CT molecular complexity index is 1450. The van der Waals surface area contributed by atoms with Gasteiger partial charge in [0, 0.05) is 47.5 Å². The molecule has 0 aliphatic heterocycles. The molecule has 9 heteroatoms. The third-order valence-electron chi connectivity index (χ3n) is 6.67. The molecule has 4 heterocycles. The van der Waals surface area contributed by atoms with Crippen molar-refractivity contribution >= 4 is 34.0 Å². The third-order valence-corrected chi connectivity index (χ3v) is 6.67. The second-order valence-corrected chi connectivity index (χ2v) is 8.75. The highest BCUT2D eigenvalue weighted by molar-refractivity contribution is 5.92. The van der Waals surface area contributed by atoms with Crippen molar-refractivity contribution in [2.24, 2.45) is 5.92 Å². The second-order valence-electron chi connectivity index (χ2n) is 8.75. The summed E-state index contributed by atoms with van der Waals surface area (Å²) in [6.45, 7) is 0. The minimum absolute atomic E-state index is 0.000800. The number of aromatic nitrogens is 6. The van der Waals surface area contributed by atoms with E-state index in [4.69, 9.17) is 10.7 Å². The average molecular weight is 453 g/mol. The molecule has 1 saturated carbocycles. The first-order valence-corrected chi connectivity index (χ1v) is 11.4. The molecule has 4 N–H and O–H groups in total. The SMILES string of the molecule is Nc1nccn2c1c(-c1cc3ccccc3[nH]1)nc2[C@H]1CC[C@H](C(=O)Nc2cnccn2)CC1. The van der Waals surface area contributed by atoms with E-state index in [1.54, 1.807) is 24.8 Å². The lowest BCUT2D eigenvalue weighted by Gasteiger charge is -2.27. The summed E-state index contributed by atoms with van der Waals surface area (Å²) < 4.78 is 2.06. The van der Waals surface area contributed by atoms with Gasteiger partial charge >= 0.3 is 0 Å². The van der Waals surface area contributed by atoms with Crippen molar-refractivity contribution < 1.29 is 4.79 Å². The normalized spacial score (nSPS) is 18.4.